The standard InChI is InChI=1S/C14H19N3O4/c18-9-12(13(19)20)16-14(21)15-10-3-5-11(6-4-10)17-7-1-2-8-17/h3-6,12,18H,1-2,7-9H2,(H,19,20)(H2,15,16,21)/t12-/m1/s1. The minimum absolute atomic E-state index is 0.567. The van der Waals surface area contributed by atoms with Gasteiger partial charge in [-0.1, -0.05) is 0 Å². The average molecular weight is 293 g/mol. The molecule has 0 aliphatic carbocycles. The Bertz CT molecular complexity index is 497. The van der Waals surface area contributed by atoms with E-state index >= 15 is 0 Å². The molecule has 0 aromatic heterocycles. The Labute approximate surface area is 122 Å². The molecule has 7 nitrogen and oxygen atoms in total. The molecule has 0 saturated carbocycles. The highest BCUT2D eigenvalue weighted by Gasteiger charge is 2.18. The van der Waals surface area contributed by atoms with Gasteiger partial charge in [-0.25, -0.2) is 9.59 Å². The lowest BCUT2D eigenvalue weighted by Gasteiger charge is -2.18. The molecule has 114 valence electrons. The maximum Gasteiger partial charge on any atom is 0.328 e. The highest BCUT2D eigenvalue weighted by molar-refractivity contribution is 5.92. The zero-order chi connectivity index (χ0) is 15.2. The molecule has 1 aromatic carbocycles. The van der Waals surface area contributed by atoms with E-state index in [1.807, 2.05) is 12.1 Å². The van der Waals surface area contributed by atoms with Gasteiger partial charge in [-0.3, -0.25) is 0 Å². The summed E-state index contributed by atoms with van der Waals surface area (Å²) in [6.07, 6.45) is 2.39. The summed E-state index contributed by atoms with van der Waals surface area (Å²) in [5.41, 5.74) is 1.68. The fraction of sp³-hybridized carbons (Fsp3) is 0.429. The van der Waals surface area contributed by atoms with Crippen LogP contribution in [-0.4, -0.2) is 48.0 Å². The molecule has 7 heteroatoms. The number of aliphatic carboxylic acids is 1. The number of nitrogens with zero attached hydrogens (tertiary/aromatic N) is 1. The summed E-state index contributed by atoms with van der Waals surface area (Å²) >= 11 is 0. The maximum atomic E-state index is 11.6. The summed E-state index contributed by atoms with van der Waals surface area (Å²) in [6.45, 7) is 1.44. The van der Waals surface area contributed by atoms with Crippen molar-refractivity contribution in [3.8, 4) is 0 Å². The van der Waals surface area contributed by atoms with Crippen molar-refractivity contribution in [3.05, 3.63) is 24.3 Å². The van der Waals surface area contributed by atoms with Crippen LogP contribution in [0.3, 0.4) is 0 Å². The molecule has 1 aliphatic heterocycles. The van der Waals surface area contributed by atoms with Crippen LogP contribution in [-0.2, 0) is 4.79 Å². The smallest absolute Gasteiger partial charge is 0.328 e. The molecule has 0 unspecified atom stereocenters. The van der Waals surface area contributed by atoms with Gasteiger partial charge in [0.1, 0.15) is 0 Å². The molecular weight excluding hydrogens is 274 g/mol. The van der Waals surface area contributed by atoms with Gasteiger partial charge in [0.15, 0.2) is 6.04 Å². The number of hydrogen-bond donors (Lipinski definition) is 4. The third-order valence-corrected chi connectivity index (χ3v) is 3.38. The molecule has 1 aliphatic rings. The Balaban J connectivity index is 1.90. The average Bonchev–Trinajstić information content (AvgIpc) is 2.99. The number of urea groups is 1. The van der Waals surface area contributed by atoms with Gasteiger partial charge in [0.2, 0.25) is 0 Å². The van der Waals surface area contributed by atoms with E-state index in [2.05, 4.69) is 15.5 Å². The second-order valence-electron chi connectivity index (χ2n) is 4.91. The first-order chi connectivity index (χ1) is 10.1. The van der Waals surface area contributed by atoms with Crippen LogP contribution in [0.1, 0.15) is 12.8 Å². The van der Waals surface area contributed by atoms with Crippen molar-refractivity contribution in [3.63, 3.8) is 0 Å². The van der Waals surface area contributed by atoms with Crippen LogP contribution in [0, 0.1) is 0 Å². The summed E-state index contributed by atoms with van der Waals surface area (Å²) in [6, 6.07) is 5.40. The van der Waals surface area contributed by atoms with Crippen LogP contribution in [0.2, 0.25) is 0 Å². The van der Waals surface area contributed by atoms with Gasteiger partial charge in [0.05, 0.1) is 6.61 Å². The molecule has 0 bridgehead atoms. The van der Waals surface area contributed by atoms with Crippen LogP contribution in [0.25, 0.3) is 0 Å². The number of nitrogens with one attached hydrogen (secondary N) is 2. The molecule has 21 heavy (non-hydrogen) atoms. The van der Waals surface area contributed by atoms with Crippen LogP contribution in [0.15, 0.2) is 24.3 Å². The largest absolute Gasteiger partial charge is 0.480 e. The van der Waals surface area contributed by atoms with Crippen LogP contribution in [0.4, 0.5) is 16.2 Å². The monoisotopic (exact) mass is 293 g/mol. The van der Waals surface area contributed by atoms with Crippen LogP contribution in [0.5, 0.6) is 0 Å². The molecule has 0 spiro atoms. The third kappa shape index (κ3) is 4.09. The predicted octanol–water partition coefficient (Wildman–Crippen LogP) is 0.854. The van der Waals surface area contributed by atoms with Gasteiger partial charge in [-0.15, -0.1) is 0 Å². The Hall–Kier alpha value is -2.28. The number of aliphatic hydroxyl groups is 1. The number of carbonyl (C=O) groups is 2. The van der Waals surface area contributed by atoms with E-state index in [0.717, 1.165) is 18.8 Å². The normalized spacial score (nSPS) is 15.6. The van der Waals surface area contributed by atoms with E-state index in [1.54, 1.807) is 12.1 Å². The number of anilines is 2. The Morgan fingerprint density at radius 1 is 1.19 bits per heavy atom. The fourth-order valence-corrected chi connectivity index (χ4v) is 2.24. The van der Waals surface area contributed by atoms with E-state index in [9.17, 15) is 9.59 Å². The molecule has 1 saturated heterocycles. The summed E-state index contributed by atoms with van der Waals surface area (Å²) in [4.78, 5) is 24.6. The molecule has 2 rings (SSSR count). The van der Waals surface area contributed by atoms with Crippen molar-refractivity contribution < 1.29 is 19.8 Å². The minimum Gasteiger partial charge on any atom is -0.480 e. The number of aliphatic hydroxyl groups excluding tert-OH is 1. The number of carbonyl (C=O) groups excluding carboxylic acids is 1. The van der Waals surface area contributed by atoms with Gasteiger partial charge >= 0.3 is 12.0 Å². The predicted molar refractivity (Wildman–Crippen MR) is 78.6 cm³/mol. The van der Waals surface area contributed by atoms with E-state index < -0.39 is 24.6 Å². The first kappa shape index (κ1) is 15.1. The minimum atomic E-state index is -1.31. The van der Waals surface area contributed by atoms with Crippen molar-refractivity contribution in [1.29, 1.82) is 0 Å². The Morgan fingerprint density at radius 2 is 1.81 bits per heavy atom. The van der Waals surface area contributed by atoms with E-state index in [4.69, 9.17) is 10.2 Å². The fourth-order valence-electron chi connectivity index (χ4n) is 2.24. The zero-order valence-electron chi connectivity index (χ0n) is 11.6. The van der Waals surface area contributed by atoms with Gasteiger partial charge in [0, 0.05) is 24.5 Å². The number of rotatable bonds is 5. The van der Waals surface area contributed by atoms with Crippen molar-refractivity contribution in [1.82, 2.24) is 5.32 Å². The molecule has 4 N–H and O–H groups in total. The SMILES string of the molecule is O=C(Nc1ccc(N2CCCC2)cc1)N[C@H](CO)C(=O)O. The number of carboxylic acid groups (broad SMARTS) is 1. The van der Waals surface area contributed by atoms with Crippen LogP contribution < -0.4 is 15.5 Å². The van der Waals surface area contributed by atoms with Crippen LogP contribution >= 0.6 is 0 Å². The van der Waals surface area contributed by atoms with E-state index in [0.29, 0.717) is 5.69 Å². The van der Waals surface area contributed by atoms with Gasteiger partial charge < -0.3 is 25.7 Å². The van der Waals surface area contributed by atoms with Crippen molar-refractivity contribution in [2.24, 2.45) is 0 Å². The molecule has 1 fully saturated rings. The lowest BCUT2D eigenvalue weighted by molar-refractivity contribution is -0.140. The highest BCUT2D eigenvalue weighted by atomic mass is 16.4. The van der Waals surface area contributed by atoms with Gasteiger partial charge in [-0.2, -0.15) is 0 Å². The quantitative estimate of drug-likeness (QED) is 0.645. The Morgan fingerprint density at radius 3 is 2.33 bits per heavy atom. The molecule has 1 aromatic rings. The number of amides is 2. The lowest BCUT2D eigenvalue weighted by Crippen LogP contribution is -2.45. The summed E-state index contributed by atoms with van der Waals surface area (Å²) in [5, 5.41) is 22.3. The zero-order valence-corrected chi connectivity index (χ0v) is 11.6. The summed E-state index contributed by atoms with van der Waals surface area (Å²) in [7, 11) is 0. The first-order valence-corrected chi connectivity index (χ1v) is 6.86. The summed E-state index contributed by atoms with van der Waals surface area (Å²) < 4.78 is 0. The number of benzene rings is 1. The third-order valence-electron chi connectivity index (χ3n) is 3.38. The molecule has 0 radical (unpaired) electrons. The first-order valence-electron chi connectivity index (χ1n) is 6.86. The van der Waals surface area contributed by atoms with Gasteiger partial charge in [-0.05, 0) is 37.1 Å². The molecule has 1 heterocycles. The highest BCUT2D eigenvalue weighted by Crippen LogP contribution is 2.21. The number of hydrogen-bond acceptors (Lipinski definition) is 4. The second-order valence-corrected chi connectivity index (χ2v) is 4.91. The van der Waals surface area contributed by atoms with Gasteiger partial charge in [0.25, 0.3) is 0 Å². The topological polar surface area (TPSA) is 102 Å². The lowest BCUT2D eigenvalue weighted by atomic mass is 10.2. The van der Waals surface area contributed by atoms with Crippen molar-refractivity contribution >= 4 is 23.4 Å². The maximum absolute atomic E-state index is 11.6. The van der Waals surface area contributed by atoms with Crippen molar-refractivity contribution in [2.75, 3.05) is 29.9 Å². The second kappa shape index (κ2) is 6.94. The van der Waals surface area contributed by atoms with E-state index in [1.165, 1.54) is 12.8 Å². The Kier molecular flexibility index (Phi) is 4.99. The van der Waals surface area contributed by atoms with Crippen molar-refractivity contribution in [2.45, 2.75) is 18.9 Å². The van der Waals surface area contributed by atoms with E-state index in [-0.39, 0.29) is 0 Å². The summed E-state index contributed by atoms with van der Waals surface area (Å²) in [5.74, 6) is -1.28. The molecule has 2 amide bonds. The number of carboxylic acids is 1. The molecular formula is C14H19N3O4. The molecule has 1 atom stereocenters.